The van der Waals surface area contributed by atoms with Crippen molar-refractivity contribution in [1.29, 1.82) is 0 Å². The minimum absolute atomic E-state index is 0.132. The molecule has 1 saturated heterocycles. The van der Waals surface area contributed by atoms with E-state index >= 15 is 4.39 Å². The van der Waals surface area contributed by atoms with E-state index < -0.39 is 39.8 Å². The van der Waals surface area contributed by atoms with Crippen LogP contribution in [0, 0.1) is 22.9 Å². The van der Waals surface area contributed by atoms with Crippen LogP contribution < -0.4 is 16.1 Å². The van der Waals surface area contributed by atoms with E-state index in [-0.39, 0.29) is 35.6 Å². The lowest BCUT2D eigenvalue weighted by Gasteiger charge is -2.41. The molecule has 1 atom stereocenters. The fourth-order valence-corrected chi connectivity index (χ4v) is 4.21. The van der Waals surface area contributed by atoms with Gasteiger partial charge in [-0.15, -0.1) is 0 Å². The van der Waals surface area contributed by atoms with Gasteiger partial charge in [-0.3, -0.25) is 9.36 Å². The molecule has 0 amide bonds. The normalized spacial score (nSPS) is 19.4. The second kappa shape index (κ2) is 9.02. The second-order valence-corrected chi connectivity index (χ2v) is 8.46. The first-order chi connectivity index (χ1) is 16.6. The Hall–Kier alpha value is -3.93. The maximum Gasteiger partial charge on any atom is 0.341 e. The number of aromatic carboxylic acids is 1. The molecule has 184 valence electrons. The quantitative estimate of drug-likeness (QED) is 0.528. The van der Waals surface area contributed by atoms with Gasteiger partial charge in [-0.1, -0.05) is 12.1 Å². The van der Waals surface area contributed by atoms with Gasteiger partial charge in [-0.2, -0.15) is 0 Å². The first-order valence-electron chi connectivity index (χ1n) is 10.6. The van der Waals surface area contributed by atoms with Crippen molar-refractivity contribution in [3.05, 3.63) is 63.7 Å². The molecule has 3 aromatic rings. The van der Waals surface area contributed by atoms with E-state index in [1.807, 2.05) is 6.92 Å². The van der Waals surface area contributed by atoms with E-state index in [9.17, 15) is 23.5 Å². The van der Waals surface area contributed by atoms with E-state index in [1.165, 1.54) is 7.11 Å². The molecule has 0 aliphatic carbocycles. The van der Waals surface area contributed by atoms with Crippen molar-refractivity contribution in [2.45, 2.75) is 13.3 Å². The number of nitrogens with two attached hydrogens (primary N) is 1. The minimum Gasteiger partial charge on any atom is -0.477 e. The maximum atomic E-state index is 15.3. The Morgan fingerprint density at radius 2 is 2.03 bits per heavy atom. The maximum absolute atomic E-state index is 15.3. The molecule has 9 nitrogen and oxygen atoms in total. The Morgan fingerprint density at radius 3 is 2.66 bits per heavy atom. The van der Waals surface area contributed by atoms with E-state index in [1.54, 1.807) is 4.90 Å². The Labute approximate surface area is 197 Å². The molecule has 4 rings (SSSR count). The molecule has 1 unspecified atom stereocenters. The van der Waals surface area contributed by atoms with Crippen molar-refractivity contribution < 1.29 is 27.9 Å². The van der Waals surface area contributed by atoms with Gasteiger partial charge in [0.25, 0.3) is 0 Å². The number of anilines is 1. The predicted molar refractivity (Wildman–Crippen MR) is 123 cm³/mol. The summed E-state index contributed by atoms with van der Waals surface area (Å²) in [6, 6.07) is 3.53. The van der Waals surface area contributed by atoms with Crippen molar-refractivity contribution in [1.82, 2.24) is 9.55 Å². The van der Waals surface area contributed by atoms with Crippen LogP contribution in [0.5, 0.6) is 0 Å². The fraction of sp³-hybridized carbons (Fsp3) is 0.304. The van der Waals surface area contributed by atoms with Crippen LogP contribution >= 0.6 is 0 Å². The number of hydrogen-bond acceptors (Lipinski definition) is 7. The number of nitrogens with zero attached hydrogens (tertiary/aromatic N) is 4. The fourth-order valence-electron chi connectivity index (χ4n) is 4.21. The third-order valence-corrected chi connectivity index (χ3v) is 6.12. The zero-order valence-corrected chi connectivity index (χ0v) is 18.9. The van der Waals surface area contributed by atoms with Crippen LogP contribution in [0.1, 0.15) is 23.7 Å². The highest BCUT2D eigenvalue weighted by atomic mass is 19.1. The van der Waals surface area contributed by atoms with Crippen LogP contribution in [0.25, 0.3) is 16.7 Å². The van der Waals surface area contributed by atoms with Gasteiger partial charge in [0.2, 0.25) is 5.43 Å². The van der Waals surface area contributed by atoms with Gasteiger partial charge in [-0.25, -0.2) is 22.9 Å². The molecule has 35 heavy (non-hydrogen) atoms. The molecule has 0 saturated carbocycles. The van der Waals surface area contributed by atoms with E-state index in [0.717, 1.165) is 29.0 Å². The monoisotopic (exact) mass is 489 g/mol. The summed E-state index contributed by atoms with van der Waals surface area (Å²) in [5.41, 5.74) is 3.87. The Kier molecular flexibility index (Phi) is 6.24. The molecule has 3 heterocycles. The van der Waals surface area contributed by atoms with Crippen LogP contribution in [0.2, 0.25) is 0 Å². The van der Waals surface area contributed by atoms with Gasteiger partial charge in [0.1, 0.15) is 24.3 Å². The van der Waals surface area contributed by atoms with Gasteiger partial charge < -0.3 is 20.6 Å². The average Bonchev–Trinajstić information content (AvgIpc) is 2.81. The highest BCUT2D eigenvalue weighted by Crippen LogP contribution is 2.32. The number of halogens is 3. The van der Waals surface area contributed by atoms with Gasteiger partial charge in [-0.05, 0) is 18.2 Å². The smallest absolute Gasteiger partial charge is 0.341 e. The molecule has 0 radical (unpaired) electrons. The Morgan fingerprint density at radius 1 is 1.29 bits per heavy atom. The molecule has 12 heteroatoms. The number of oxime groups is 1. The van der Waals surface area contributed by atoms with Crippen LogP contribution in [-0.2, 0) is 4.84 Å². The van der Waals surface area contributed by atoms with Crippen molar-refractivity contribution in [3.63, 3.8) is 0 Å². The molecule has 1 aliphatic rings. The number of carboxylic acids is 1. The molecule has 0 bridgehead atoms. The lowest BCUT2D eigenvalue weighted by atomic mass is 9.80. The summed E-state index contributed by atoms with van der Waals surface area (Å²) in [7, 11) is 1.42. The number of pyridine rings is 2. The highest BCUT2D eigenvalue weighted by molar-refractivity contribution is 5.93. The van der Waals surface area contributed by atoms with Gasteiger partial charge in [0.05, 0.1) is 16.8 Å². The SMILES string of the molecule is CO/N=C1/CCN(c2nc3c(cc2F)c(=O)c(C(=O)O)cn3-c2ccc(F)cc2F)CC1(C)CN. The summed E-state index contributed by atoms with van der Waals surface area (Å²) in [4.78, 5) is 35.3. The topological polar surface area (TPSA) is 123 Å². The highest BCUT2D eigenvalue weighted by Gasteiger charge is 2.38. The number of aromatic nitrogens is 2. The predicted octanol–water partition coefficient (Wildman–Crippen LogP) is 2.68. The first-order valence-corrected chi connectivity index (χ1v) is 10.6. The summed E-state index contributed by atoms with van der Waals surface area (Å²) in [6.45, 7) is 2.56. The summed E-state index contributed by atoms with van der Waals surface area (Å²) in [5.74, 6) is -4.45. The third kappa shape index (κ3) is 4.20. The van der Waals surface area contributed by atoms with Crippen molar-refractivity contribution >= 4 is 28.5 Å². The molecule has 3 N–H and O–H groups in total. The number of carboxylic acid groups (broad SMARTS) is 1. The summed E-state index contributed by atoms with van der Waals surface area (Å²) < 4.78 is 44.4. The Balaban J connectivity index is 1.95. The molecule has 1 aromatic carbocycles. The van der Waals surface area contributed by atoms with Crippen molar-refractivity contribution in [2.24, 2.45) is 16.3 Å². The number of rotatable bonds is 5. The van der Waals surface area contributed by atoms with Gasteiger partial charge in [0.15, 0.2) is 17.3 Å². The van der Waals surface area contributed by atoms with Crippen molar-refractivity contribution in [2.75, 3.05) is 31.6 Å². The summed E-state index contributed by atoms with van der Waals surface area (Å²) in [5, 5.41) is 13.1. The minimum atomic E-state index is -1.59. The van der Waals surface area contributed by atoms with Crippen LogP contribution in [-0.4, -0.2) is 53.1 Å². The van der Waals surface area contributed by atoms with Crippen LogP contribution in [0.3, 0.4) is 0 Å². The molecule has 1 fully saturated rings. The Bertz CT molecular complexity index is 1420. The second-order valence-electron chi connectivity index (χ2n) is 8.46. The van der Waals surface area contributed by atoms with E-state index in [2.05, 4.69) is 10.1 Å². The van der Waals surface area contributed by atoms with E-state index in [4.69, 9.17) is 10.6 Å². The van der Waals surface area contributed by atoms with Crippen LogP contribution in [0.4, 0.5) is 19.0 Å². The van der Waals surface area contributed by atoms with Gasteiger partial charge >= 0.3 is 5.97 Å². The molecule has 0 spiro atoms. The van der Waals surface area contributed by atoms with Gasteiger partial charge in [0, 0.05) is 43.7 Å². The van der Waals surface area contributed by atoms with Crippen LogP contribution in [0.15, 0.2) is 40.4 Å². The lowest BCUT2D eigenvalue weighted by Crippen LogP contribution is -2.52. The average molecular weight is 489 g/mol. The van der Waals surface area contributed by atoms with E-state index in [0.29, 0.717) is 24.7 Å². The third-order valence-electron chi connectivity index (χ3n) is 6.12. The molecule has 2 aromatic heterocycles. The largest absolute Gasteiger partial charge is 0.477 e. The lowest BCUT2D eigenvalue weighted by molar-refractivity contribution is 0.0695. The molecule has 1 aliphatic heterocycles. The zero-order valence-electron chi connectivity index (χ0n) is 18.9. The first kappa shape index (κ1) is 24.2. The number of fused-ring (bicyclic) bond motifs is 1. The van der Waals surface area contributed by atoms with Crippen molar-refractivity contribution in [3.8, 4) is 5.69 Å². The summed E-state index contributed by atoms with van der Waals surface area (Å²) >= 11 is 0. The number of piperidine rings is 1. The standard InChI is InChI=1S/C23H22F3N5O4/c1-23(10-27)11-30(6-5-18(23)29-35-2)21-16(26)8-13-19(32)14(22(33)34)9-31(20(13)28-21)17-4-3-12(24)7-15(17)25/h3-4,7-9H,5-6,10-11,27H2,1-2H3,(H,33,34)/b29-18-. The zero-order chi connectivity index (χ0) is 25.5. The summed E-state index contributed by atoms with van der Waals surface area (Å²) in [6.07, 6.45) is 1.29. The number of benzene rings is 1. The number of hydrogen-bond donors (Lipinski definition) is 2. The molecular formula is C23H22F3N5O4. The molecular weight excluding hydrogens is 467 g/mol. The number of carbonyl (C=O) groups is 1.